The minimum Gasteiger partial charge on any atom is -0.493 e. The summed E-state index contributed by atoms with van der Waals surface area (Å²) in [6.45, 7) is 1.27. The number of halogens is 1. The number of para-hydroxylation sites is 1. The summed E-state index contributed by atoms with van der Waals surface area (Å²) >= 11 is 4.73. The molecule has 12 heteroatoms. The number of amides is 1. The Morgan fingerprint density at radius 3 is 2.65 bits per heavy atom. The van der Waals surface area contributed by atoms with Crippen LogP contribution in [0.5, 0.6) is 11.5 Å². The Kier molecular flexibility index (Phi) is 8.19. The number of thiophene rings is 1. The van der Waals surface area contributed by atoms with Gasteiger partial charge in [-0.25, -0.2) is 9.79 Å². The molecule has 2 aromatic carbocycles. The fourth-order valence-corrected chi connectivity index (χ4v) is 6.95. The van der Waals surface area contributed by atoms with Crippen LogP contribution in [-0.2, 0) is 9.59 Å². The monoisotopic (exact) mass is 687 g/mol. The lowest BCUT2D eigenvalue weighted by Crippen LogP contribution is -2.40. The number of thiazole rings is 1. The van der Waals surface area contributed by atoms with Crippen LogP contribution in [-0.4, -0.2) is 35.3 Å². The molecule has 0 saturated heterocycles. The fraction of sp³-hybridized carbons (Fsp3) is 0.143. The van der Waals surface area contributed by atoms with Gasteiger partial charge in [0.05, 0.1) is 26.5 Å². The number of allylic oxidation sites excluding steroid dienone is 1. The Morgan fingerprint density at radius 2 is 1.98 bits per heavy atom. The van der Waals surface area contributed by atoms with E-state index >= 15 is 0 Å². The van der Waals surface area contributed by atoms with E-state index in [1.54, 1.807) is 41.8 Å². The van der Waals surface area contributed by atoms with Crippen molar-refractivity contribution in [1.29, 1.82) is 0 Å². The van der Waals surface area contributed by atoms with Gasteiger partial charge >= 0.3 is 5.97 Å². The van der Waals surface area contributed by atoms with Crippen LogP contribution in [0.25, 0.3) is 6.08 Å². The van der Waals surface area contributed by atoms with E-state index in [9.17, 15) is 14.4 Å². The summed E-state index contributed by atoms with van der Waals surface area (Å²) < 4.78 is 13.4. The zero-order chi connectivity index (χ0) is 28.4. The van der Waals surface area contributed by atoms with Crippen LogP contribution in [0.4, 0.5) is 5.69 Å². The first kappa shape index (κ1) is 27.8. The molecule has 40 heavy (non-hydrogen) atoms. The molecular weight excluding hydrogens is 665 g/mol. The maximum absolute atomic E-state index is 13.8. The standard InChI is InChI=1S/C28H22IN3O6S2/c1-15-23(26(35)31-17-7-4-3-5-8-17)24(20-9-6-10-39-20)32-27(36)21(40-28(32)30-15)13-16-11-18(29)25(19(12-16)37-2)38-14-22(33)34/h3-13,24H,14H2,1-2H3,(H,31,35)(H,33,34)/b21-13-/t24-/m0/s1. The van der Waals surface area contributed by atoms with Crippen molar-refractivity contribution in [3.8, 4) is 11.5 Å². The second-order valence-corrected chi connectivity index (χ2v) is 11.8. The van der Waals surface area contributed by atoms with E-state index in [0.29, 0.717) is 46.9 Å². The Hall–Kier alpha value is -3.75. The van der Waals surface area contributed by atoms with Gasteiger partial charge in [0.15, 0.2) is 22.9 Å². The van der Waals surface area contributed by atoms with Gasteiger partial charge in [0.2, 0.25) is 0 Å². The molecule has 1 amide bonds. The zero-order valence-electron chi connectivity index (χ0n) is 21.2. The SMILES string of the molecule is COc1cc(/C=c2\sc3n(c2=O)[C@@H](c2cccs2)C(C(=O)Nc2ccccc2)=C(C)N=3)cc(I)c1OCC(=O)O. The van der Waals surface area contributed by atoms with E-state index in [4.69, 9.17) is 14.6 Å². The van der Waals surface area contributed by atoms with E-state index in [2.05, 4.69) is 10.3 Å². The number of fused-ring (bicyclic) bond motifs is 1. The number of nitrogens with zero attached hydrogens (tertiary/aromatic N) is 2. The fourth-order valence-electron chi connectivity index (χ4n) is 4.30. The van der Waals surface area contributed by atoms with E-state index in [1.807, 2.05) is 58.3 Å². The van der Waals surface area contributed by atoms with Crippen molar-refractivity contribution in [3.63, 3.8) is 0 Å². The van der Waals surface area contributed by atoms with Gasteiger partial charge in [-0.1, -0.05) is 35.6 Å². The largest absolute Gasteiger partial charge is 0.493 e. The van der Waals surface area contributed by atoms with Gasteiger partial charge in [-0.05, 0) is 76.9 Å². The number of nitrogens with one attached hydrogen (secondary N) is 1. The van der Waals surface area contributed by atoms with Crippen molar-refractivity contribution in [3.05, 3.63) is 105 Å². The lowest BCUT2D eigenvalue weighted by molar-refractivity contribution is -0.139. The Morgan fingerprint density at radius 1 is 1.20 bits per heavy atom. The number of carboxylic acids is 1. The molecule has 3 heterocycles. The molecule has 4 aromatic rings. The van der Waals surface area contributed by atoms with Gasteiger partial charge in [0, 0.05) is 10.6 Å². The topological polar surface area (TPSA) is 119 Å². The normalized spacial score (nSPS) is 14.9. The molecule has 204 valence electrons. The average molecular weight is 688 g/mol. The summed E-state index contributed by atoms with van der Waals surface area (Å²) in [5.74, 6) is -0.766. The maximum atomic E-state index is 13.8. The zero-order valence-corrected chi connectivity index (χ0v) is 25.0. The number of aromatic nitrogens is 1. The lowest BCUT2D eigenvalue weighted by atomic mass is 10.0. The van der Waals surface area contributed by atoms with Gasteiger partial charge in [0.25, 0.3) is 11.5 Å². The molecule has 5 rings (SSSR count). The molecule has 0 unspecified atom stereocenters. The molecule has 1 aliphatic heterocycles. The van der Waals surface area contributed by atoms with Crippen LogP contribution in [0.3, 0.4) is 0 Å². The van der Waals surface area contributed by atoms with Crippen molar-refractivity contribution in [2.75, 3.05) is 19.0 Å². The minimum atomic E-state index is -1.10. The molecule has 2 aromatic heterocycles. The number of rotatable bonds is 8. The number of carbonyl (C=O) groups excluding carboxylic acids is 1. The average Bonchev–Trinajstić information content (AvgIpc) is 3.56. The van der Waals surface area contributed by atoms with Gasteiger partial charge < -0.3 is 19.9 Å². The van der Waals surface area contributed by atoms with Gasteiger partial charge in [-0.15, -0.1) is 11.3 Å². The number of aliphatic carboxylic acids is 1. The second-order valence-electron chi connectivity index (χ2n) is 8.63. The summed E-state index contributed by atoms with van der Waals surface area (Å²) in [5.41, 5.74) is 1.98. The van der Waals surface area contributed by atoms with Crippen LogP contribution >= 0.6 is 45.3 Å². The number of carbonyl (C=O) groups is 2. The minimum absolute atomic E-state index is 0.278. The lowest BCUT2D eigenvalue weighted by Gasteiger charge is -2.24. The van der Waals surface area contributed by atoms with E-state index in [-0.39, 0.29) is 11.5 Å². The van der Waals surface area contributed by atoms with Crippen LogP contribution in [0.15, 0.2) is 81.0 Å². The second kappa shape index (κ2) is 11.8. The maximum Gasteiger partial charge on any atom is 0.341 e. The highest BCUT2D eigenvalue weighted by molar-refractivity contribution is 14.1. The Labute approximate surface area is 249 Å². The molecule has 1 atom stereocenters. The Bertz CT molecular complexity index is 1810. The number of benzene rings is 2. The van der Waals surface area contributed by atoms with E-state index < -0.39 is 18.6 Å². The van der Waals surface area contributed by atoms with Crippen molar-refractivity contribution < 1.29 is 24.2 Å². The number of hydrogen-bond acceptors (Lipinski definition) is 8. The third-order valence-electron chi connectivity index (χ3n) is 6.00. The first-order valence-electron chi connectivity index (χ1n) is 11.9. The van der Waals surface area contributed by atoms with Crippen molar-refractivity contribution in [2.24, 2.45) is 4.99 Å². The number of ether oxygens (including phenoxy) is 2. The third-order valence-corrected chi connectivity index (χ3v) is 8.71. The Balaban J connectivity index is 1.60. The highest BCUT2D eigenvalue weighted by Gasteiger charge is 2.33. The van der Waals surface area contributed by atoms with Gasteiger partial charge in [-0.2, -0.15) is 0 Å². The highest BCUT2D eigenvalue weighted by Crippen LogP contribution is 2.35. The van der Waals surface area contributed by atoms with Gasteiger partial charge in [-0.3, -0.25) is 14.2 Å². The molecule has 1 aliphatic rings. The van der Waals surface area contributed by atoms with Crippen molar-refractivity contribution in [1.82, 2.24) is 4.57 Å². The number of hydrogen-bond donors (Lipinski definition) is 2. The molecule has 0 radical (unpaired) electrons. The van der Waals surface area contributed by atoms with Crippen LogP contribution in [0.2, 0.25) is 0 Å². The van der Waals surface area contributed by atoms with E-state index in [1.165, 1.54) is 29.8 Å². The molecule has 0 aliphatic carbocycles. The summed E-state index contributed by atoms with van der Waals surface area (Å²) in [7, 11) is 1.46. The molecule has 0 bridgehead atoms. The highest BCUT2D eigenvalue weighted by atomic mass is 127. The van der Waals surface area contributed by atoms with Crippen LogP contribution in [0.1, 0.15) is 23.4 Å². The predicted molar refractivity (Wildman–Crippen MR) is 162 cm³/mol. The predicted octanol–water partition coefficient (Wildman–Crippen LogP) is 4.01. The number of anilines is 1. The first-order valence-corrected chi connectivity index (χ1v) is 14.7. The quantitative estimate of drug-likeness (QED) is 0.271. The van der Waals surface area contributed by atoms with Crippen LogP contribution in [0, 0.1) is 3.57 Å². The summed E-state index contributed by atoms with van der Waals surface area (Å²) in [4.78, 5) is 44.3. The summed E-state index contributed by atoms with van der Waals surface area (Å²) in [6.07, 6.45) is 1.73. The van der Waals surface area contributed by atoms with Crippen LogP contribution < -0.4 is 29.7 Å². The molecule has 9 nitrogen and oxygen atoms in total. The summed E-state index contributed by atoms with van der Waals surface area (Å²) in [5, 5.41) is 13.8. The smallest absolute Gasteiger partial charge is 0.341 e. The third kappa shape index (κ3) is 5.60. The molecule has 0 spiro atoms. The number of methoxy groups -OCH3 is 1. The molecule has 0 fully saturated rings. The molecule has 2 N–H and O–H groups in total. The van der Waals surface area contributed by atoms with Gasteiger partial charge in [0.1, 0.15) is 6.04 Å². The van der Waals surface area contributed by atoms with Crippen molar-refractivity contribution >= 4 is 68.9 Å². The first-order chi connectivity index (χ1) is 19.3. The molecular formula is C28H22IN3O6S2. The number of carboxylic acid groups (broad SMARTS) is 1. The van der Waals surface area contributed by atoms with E-state index in [0.717, 1.165) is 4.88 Å². The summed E-state index contributed by atoms with van der Waals surface area (Å²) in [6, 6.07) is 15.8. The molecule has 0 saturated carbocycles. The van der Waals surface area contributed by atoms with Crippen molar-refractivity contribution in [2.45, 2.75) is 13.0 Å².